The van der Waals surface area contributed by atoms with Crippen molar-refractivity contribution in [1.29, 1.82) is 0 Å². The van der Waals surface area contributed by atoms with Crippen molar-refractivity contribution in [3.05, 3.63) is 64.2 Å². The molecule has 0 radical (unpaired) electrons. The molecule has 1 unspecified atom stereocenters. The van der Waals surface area contributed by atoms with Crippen molar-refractivity contribution in [3.63, 3.8) is 0 Å². The number of carbonyl (C=O) groups excluding carboxylic acids is 1. The maximum atomic E-state index is 12.4. The largest absolute Gasteiger partial charge is 0.350 e. The van der Waals surface area contributed by atoms with Crippen LogP contribution in [0.3, 0.4) is 0 Å². The zero-order valence-corrected chi connectivity index (χ0v) is 16.6. The third kappa shape index (κ3) is 5.56. The van der Waals surface area contributed by atoms with Crippen LogP contribution in [-0.4, -0.2) is 20.9 Å². The van der Waals surface area contributed by atoms with Gasteiger partial charge in [0.15, 0.2) is 0 Å². The van der Waals surface area contributed by atoms with E-state index in [1.165, 1.54) is 0 Å². The van der Waals surface area contributed by atoms with E-state index in [0.717, 1.165) is 11.1 Å². The van der Waals surface area contributed by atoms with Gasteiger partial charge in [0.2, 0.25) is 15.9 Å². The zero-order chi connectivity index (χ0) is 19.3. The first kappa shape index (κ1) is 20.4. The minimum atomic E-state index is -3.64. The number of halogens is 1. The summed E-state index contributed by atoms with van der Waals surface area (Å²) in [4.78, 5) is 12.3. The highest BCUT2D eigenvalue weighted by molar-refractivity contribution is 7.89. The summed E-state index contributed by atoms with van der Waals surface area (Å²) in [5.74, 6) is -0.235. The Bertz CT molecular complexity index is 897. The Kier molecular flexibility index (Phi) is 6.81. The van der Waals surface area contributed by atoms with Crippen LogP contribution in [0.4, 0.5) is 0 Å². The van der Waals surface area contributed by atoms with Gasteiger partial charge in [-0.1, -0.05) is 35.9 Å². The number of rotatable bonds is 7. The highest BCUT2D eigenvalue weighted by Gasteiger charge is 2.17. The lowest BCUT2D eigenvalue weighted by atomic mass is 10.1. The van der Waals surface area contributed by atoms with Gasteiger partial charge >= 0.3 is 0 Å². The summed E-state index contributed by atoms with van der Waals surface area (Å²) in [5, 5.41) is 3.44. The second-order valence-electron chi connectivity index (χ2n) is 6.26. The van der Waals surface area contributed by atoms with Gasteiger partial charge in [0, 0.05) is 18.0 Å². The Balaban J connectivity index is 1.90. The molecule has 0 aromatic heterocycles. The van der Waals surface area contributed by atoms with Crippen LogP contribution in [0.1, 0.15) is 36.1 Å². The van der Waals surface area contributed by atoms with Crippen molar-refractivity contribution >= 4 is 27.5 Å². The van der Waals surface area contributed by atoms with Crippen molar-refractivity contribution in [2.75, 3.05) is 6.54 Å². The molecule has 2 aromatic rings. The molecular weight excluding hydrogens is 372 g/mol. The summed E-state index contributed by atoms with van der Waals surface area (Å²) in [5.41, 5.74) is 2.42. The quantitative estimate of drug-likeness (QED) is 0.754. The van der Waals surface area contributed by atoms with E-state index in [9.17, 15) is 13.2 Å². The molecule has 7 heteroatoms. The summed E-state index contributed by atoms with van der Waals surface area (Å²) in [6.07, 6.45) is 0.0506. The molecule has 5 nitrogen and oxygen atoms in total. The minimum absolute atomic E-state index is 0.0316. The monoisotopic (exact) mass is 394 g/mol. The maximum absolute atomic E-state index is 12.4. The average Bonchev–Trinajstić information content (AvgIpc) is 2.56. The Labute approximate surface area is 159 Å². The molecule has 1 amide bonds. The van der Waals surface area contributed by atoms with E-state index in [1.54, 1.807) is 31.2 Å². The van der Waals surface area contributed by atoms with Gasteiger partial charge in [0.25, 0.3) is 0 Å². The molecule has 0 saturated heterocycles. The minimum Gasteiger partial charge on any atom is -0.350 e. The average molecular weight is 395 g/mol. The molecule has 0 heterocycles. The molecule has 0 aliphatic rings. The third-order valence-corrected chi connectivity index (χ3v) is 5.84. The predicted octanol–water partition coefficient (Wildman–Crippen LogP) is 3.50. The maximum Gasteiger partial charge on any atom is 0.240 e. The molecule has 2 aromatic carbocycles. The molecule has 0 spiro atoms. The Morgan fingerprint density at radius 2 is 1.88 bits per heavy atom. The number of carbonyl (C=O) groups is 1. The van der Waals surface area contributed by atoms with E-state index in [4.69, 9.17) is 11.6 Å². The van der Waals surface area contributed by atoms with E-state index >= 15 is 0 Å². The van der Waals surface area contributed by atoms with E-state index in [0.29, 0.717) is 10.6 Å². The molecule has 26 heavy (non-hydrogen) atoms. The number of sulfonamides is 1. The second kappa shape index (κ2) is 8.66. The highest BCUT2D eigenvalue weighted by Crippen LogP contribution is 2.18. The molecule has 0 aliphatic carbocycles. The van der Waals surface area contributed by atoms with E-state index < -0.39 is 10.0 Å². The molecule has 2 N–H and O–H groups in total. The van der Waals surface area contributed by atoms with E-state index in [1.807, 2.05) is 32.0 Å². The summed E-state index contributed by atoms with van der Waals surface area (Å²) < 4.78 is 27.3. The first-order valence-corrected chi connectivity index (χ1v) is 10.2. The lowest BCUT2D eigenvalue weighted by Crippen LogP contribution is -2.32. The topological polar surface area (TPSA) is 75.3 Å². The number of hydrogen-bond donors (Lipinski definition) is 2. The number of amides is 1. The van der Waals surface area contributed by atoms with Gasteiger partial charge in [-0.15, -0.1) is 0 Å². The summed E-state index contributed by atoms with van der Waals surface area (Å²) >= 11 is 5.95. The standard InChI is InChI=1S/C19H23ClN2O3S/c1-13-7-8-14(2)18(11-13)26(24,25)21-10-9-19(23)22-15(3)16-5-4-6-17(20)12-16/h4-8,11-12,15,21H,9-10H2,1-3H3,(H,22,23). The molecule has 140 valence electrons. The number of hydrogen-bond acceptors (Lipinski definition) is 3. The fraction of sp³-hybridized carbons (Fsp3) is 0.316. The van der Waals surface area contributed by atoms with Crippen molar-refractivity contribution in [2.24, 2.45) is 0 Å². The first-order chi connectivity index (χ1) is 12.2. The number of benzene rings is 2. The SMILES string of the molecule is Cc1ccc(C)c(S(=O)(=O)NCCC(=O)NC(C)c2cccc(Cl)c2)c1. The Hall–Kier alpha value is -1.89. The normalized spacial score (nSPS) is 12.6. The van der Waals surface area contributed by atoms with Crippen LogP contribution in [0.5, 0.6) is 0 Å². The summed E-state index contributed by atoms with van der Waals surface area (Å²) in [7, 11) is -3.64. The van der Waals surface area contributed by atoms with Crippen molar-refractivity contribution in [2.45, 2.75) is 38.1 Å². The van der Waals surface area contributed by atoms with Crippen LogP contribution in [0.15, 0.2) is 47.4 Å². The lowest BCUT2D eigenvalue weighted by molar-refractivity contribution is -0.121. The van der Waals surface area contributed by atoms with Gasteiger partial charge in [-0.2, -0.15) is 0 Å². The number of nitrogens with one attached hydrogen (secondary N) is 2. The first-order valence-electron chi connectivity index (χ1n) is 8.31. The van der Waals surface area contributed by atoms with Gasteiger partial charge in [-0.3, -0.25) is 4.79 Å². The number of aryl methyl sites for hydroxylation is 2. The molecule has 0 aliphatic heterocycles. The predicted molar refractivity (Wildman–Crippen MR) is 104 cm³/mol. The molecule has 0 bridgehead atoms. The van der Waals surface area contributed by atoms with Gasteiger partial charge in [-0.05, 0) is 55.7 Å². The van der Waals surface area contributed by atoms with Crippen LogP contribution in [0.25, 0.3) is 0 Å². The van der Waals surface area contributed by atoms with Crippen LogP contribution >= 0.6 is 11.6 Å². The smallest absolute Gasteiger partial charge is 0.240 e. The lowest BCUT2D eigenvalue weighted by Gasteiger charge is -2.15. The van der Waals surface area contributed by atoms with Gasteiger partial charge in [0.1, 0.15) is 0 Å². The third-order valence-electron chi connectivity index (χ3n) is 4.00. The van der Waals surface area contributed by atoms with E-state index in [2.05, 4.69) is 10.0 Å². The highest BCUT2D eigenvalue weighted by atomic mass is 35.5. The van der Waals surface area contributed by atoms with Crippen molar-refractivity contribution < 1.29 is 13.2 Å². The van der Waals surface area contributed by atoms with Gasteiger partial charge < -0.3 is 5.32 Å². The Morgan fingerprint density at radius 3 is 2.58 bits per heavy atom. The molecule has 1 atom stereocenters. The van der Waals surface area contributed by atoms with Crippen LogP contribution < -0.4 is 10.0 Å². The van der Waals surface area contributed by atoms with Crippen LogP contribution in [-0.2, 0) is 14.8 Å². The van der Waals surface area contributed by atoms with Crippen molar-refractivity contribution in [1.82, 2.24) is 10.0 Å². The second-order valence-corrected chi connectivity index (χ2v) is 8.43. The van der Waals surface area contributed by atoms with Crippen LogP contribution in [0, 0.1) is 13.8 Å². The Morgan fingerprint density at radius 1 is 1.15 bits per heavy atom. The van der Waals surface area contributed by atoms with E-state index in [-0.39, 0.29) is 29.8 Å². The molecule has 0 fully saturated rings. The van der Waals surface area contributed by atoms with Gasteiger partial charge in [0.05, 0.1) is 10.9 Å². The molecule has 0 saturated carbocycles. The molecular formula is C19H23ClN2O3S. The zero-order valence-electron chi connectivity index (χ0n) is 15.0. The van der Waals surface area contributed by atoms with Gasteiger partial charge in [-0.25, -0.2) is 13.1 Å². The molecule has 2 rings (SSSR count). The summed E-state index contributed by atoms with van der Waals surface area (Å²) in [6.45, 7) is 5.46. The fourth-order valence-electron chi connectivity index (χ4n) is 2.55. The fourth-order valence-corrected chi connectivity index (χ4v) is 4.10. The van der Waals surface area contributed by atoms with Crippen LogP contribution in [0.2, 0.25) is 5.02 Å². The van der Waals surface area contributed by atoms with Crippen molar-refractivity contribution in [3.8, 4) is 0 Å². The summed E-state index contributed by atoms with van der Waals surface area (Å²) in [6, 6.07) is 12.3.